The van der Waals surface area contributed by atoms with Crippen LogP contribution in [-0.4, -0.2) is 4.99 Å². The van der Waals surface area contributed by atoms with E-state index in [-0.39, 0.29) is 10.8 Å². The minimum atomic E-state index is -0.320. The summed E-state index contributed by atoms with van der Waals surface area (Å²) in [5.41, 5.74) is 7.55. The van der Waals surface area contributed by atoms with E-state index in [2.05, 4.69) is 5.32 Å². The number of nitrogens with one attached hydrogen (secondary N) is 1. The van der Waals surface area contributed by atoms with Gasteiger partial charge < -0.3 is 11.1 Å². The van der Waals surface area contributed by atoms with Crippen LogP contribution >= 0.6 is 23.8 Å². The molecule has 0 heterocycles. The topological polar surface area (TPSA) is 38.0 Å². The van der Waals surface area contributed by atoms with Crippen molar-refractivity contribution in [1.82, 2.24) is 0 Å². The molecule has 0 unspecified atom stereocenters. The first-order valence-corrected chi connectivity index (χ1v) is 5.97. The van der Waals surface area contributed by atoms with Crippen molar-refractivity contribution < 1.29 is 4.39 Å². The summed E-state index contributed by atoms with van der Waals surface area (Å²) in [5, 5.41) is 3.59. The summed E-state index contributed by atoms with van der Waals surface area (Å²) in [6.07, 6.45) is 0. The maximum Gasteiger partial charge on any atom is 0.125 e. The highest BCUT2D eigenvalue weighted by Gasteiger charge is 2.06. The van der Waals surface area contributed by atoms with Crippen molar-refractivity contribution in [2.45, 2.75) is 0 Å². The quantitative estimate of drug-likeness (QED) is 0.839. The van der Waals surface area contributed by atoms with Gasteiger partial charge in [-0.3, -0.25) is 0 Å². The van der Waals surface area contributed by atoms with Gasteiger partial charge in [0.05, 0.1) is 5.69 Å². The van der Waals surface area contributed by atoms with Crippen LogP contribution in [0.25, 0.3) is 0 Å². The lowest BCUT2D eigenvalue weighted by atomic mass is 10.1. The molecule has 0 aliphatic carbocycles. The van der Waals surface area contributed by atoms with Crippen LogP contribution in [-0.2, 0) is 0 Å². The van der Waals surface area contributed by atoms with Crippen LogP contribution in [0.4, 0.5) is 15.8 Å². The Balaban J connectivity index is 2.39. The second-order valence-corrected chi connectivity index (χ2v) is 4.57. The third-order valence-corrected chi connectivity index (χ3v) is 2.81. The lowest BCUT2D eigenvalue weighted by Gasteiger charge is -2.11. The molecule has 0 aliphatic heterocycles. The number of halogens is 2. The molecule has 0 radical (unpaired) electrons. The molecule has 3 N–H and O–H groups in total. The van der Waals surface area contributed by atoms with Crippen LogP contribution in [0.2, 0.25) is 5.02 Å². The largest absolute Gasteiger partial charge is 0.389 e. The fourth-order valence-corrected chi connectivity index (χ4v) is 1.91. The summed E-state index contributed by atoms with van der Waals surface area (Å²) in [5.74, 6) is -0.320. The van der Waals surface area contributed by atoms with Crippen molar-refractivity contribution in [1.29, 1.82) is 0 Å². The Morgan fingerprint density at radius 1 is 1.22 bits per heavy atom. The molecule has 0 bridgehead atoms. The highest BCUT2D eigenvalue weighted by molar-refractivity contribution is 7.80. The molecule has 0 saturated carbocycles. The van der Waals surface area contributed by atoms with E-state index in [1.807, 2.05) is 0 Å². The molecular formula is C13H10ClFN2S. The molecule has 0 aromatic heterocycles. The molecule has 0 saturated heterocycles. The second-order valence-electron chi connectivity index (χ2n) is 3.69. The predicted molar refractivity (Wildman–Crippen MR) is 77.0 cm³/mol. The average Bonchev–Trinajstić information content (AvgIpc) is 2.28. The number of rotatable bonds is 3. The number of hydrogen-bond donors (Lipinski definition) is 2. The number of nitrogens with two attached hydrogens (primary N) is 1. The minimum absolute atomic E-state index is 0.255. The molecule has 2 nitrogen and oxygen atoms in total. The minimum Gasteiger partial charge on any atom is -0.389 e. The maximum absolute atomic E-state index is 13.1. The lowest BCUT2D eigenvalue weighted by Crippen LogP contribution is -2.11. The zero-order valence-electron chi connectivity index (χ0n) is 9.28. The normalized spacial score (nSPS) is 10.1. The van der Waals surface area contributed by atoms with Crippen LogP contribution in [0.15, 0.2) is 42.5 Å². The van der Waals surface area contributed by atoms with Gasteiger partial charge in [0, 0.05) is 16.3 Å². The third-order valence-electron chi connectivity index (χ3n) is 2.35. The fraction of sp³-hybridized carbons (Fsp3) is 0. The predicted octanol–water partition coefficient (Wildman–Crippen LogP) is 3.86. The van der Waals surface area contributed by atoms with Crippen LogP contribution < -0.4 is 11.1 Å². The standard InChI is InChI=1S/C13H10ClFN2S/c14-8-4-5-11(13(16)18)12(6-8)17-10-3-1-2-9(15)7-10/h1-7,17H,(H2,16,18). The smallest absolute Gasteiger partial charge is 0.125 e. The zero-order valence-corrected chi connectivity index (χ0v) is 10.9. The van der Waals surface area contributed by atoms with Gasteiger partial charge in [-0.2, -0.15) is 0 Å². The number of anilines is 2. The van der Waals surface area contributed by atoms with E-state index in [0.29, 0.717) is 22.0 Å². The first-order chi connectivity index (χ1) is 8.56. The highest BCUT2D eigenvalue weighted by atomic mass is 35.5. The van der Waals surface area contributed by atoms with Crippen LogP contribution in [0, 0.1) is 5.82 Å². The third kappa shape index (κ3) is 2.97. The fourth-order valence-electron chi connectivity index (χ4n) is 1.56. The van der Waals surface area contributed by atoms with Crippen LogP contribution in [0.1, 0.15) is 5.56 Å². The molecular weight excluding hydrogens is 271 g/mol. The van der Waals surface area contributed by atoms with Gasteiger partial charge in [-0.1, -0.05) is 29.9 Å². The molecule has 0 aliphatic rings. The van der Waals surface area contributed by atoms with Gasteiger partial charge >= 0.3 is 0 Å². The summed E-state index contributed by atoms with van der Waals surface area (Å²) < 4.78 is 13.1. The van der Waals surface area contributed by atoms with E-state index in [1.165, 1.54) is 12.1 Å². The first-order valence-electron chi connectivity index (χ1n) is 5.18. The molecule has 2 aromatic rings. The lowest BCUT2D eigenvalue weighted by molar-refractivity contribution is 0.628. The van der Waals surface area contributed by atoms with E-state index in [0.717, 1.165) is 0 Å². The van der Waals surface area contributed by atoms with Crippen molar-refractivity contribution in [3.05, 3.63) is 58.9 Å². The molecule has 92 valence electrons. The van der Waals surface area contributed by atoms with Gasteiger partial charge in [0.1, 0.15) is 10.8 Å². The first kappa shape index (κ1) is 12.8. The Morgan fingerprint density at radius 2 is 2.00 bits per heavy atom. The van der Waals surface area contributed by atoms with Gasteiger partial charge in [-0.15, -0.1) is 0 Å². The maximum atomic E-state index is 13.1. The van der Waals surface area contributed by atoms with Gasteiger partial charge in [-0.25, -0.2) is 4.39 Å². The van der Waals surface area contributed by atoms with Crippen molar-refractivity contribution in [3.8, 4) is 0 Å². The molecule has 18 heavy (non-hydrogen) atoms. The van der Waals surface area contributed by atoms with E-state index < -0.39 is 0 Å². The highest BCUT2D eigenvalue weighted by Crippen LogP contribution is 2.25. The summed E-state index contributed by atoms with van der Waals surface area (Å²) in [6, 6.07) is 11.2. The van der Waals surface area contributed by atoms with Crippen molar-refractivity contribution in [2.75, 3.05) is 5.32 Å². The van der Waals surface area contributed by atoms with E-state index in [4.69, 9.17) is 29.6 Å². The number of thiocarbonyl (C=S) groups is 1. The van der Waals surface area contributed by atoms with E-state index in [1.54, 1.807) is 30.3 Å². The Kier molecular flexibility index (Phi) is 3.79. The van der Waals surface area contributed by atoms with Crippen LogP contribution in [0.5, 0.6) is 0 Å². The Bertz CT molecular complexity index is 601. The van der Waals surface area contributed by atoms with Crippen molar-refractivity contribution >= 4 is 40.2 Å². The molecule has 0 amide bonds. The summed E-state index contributed by atoms with van der Waals surface area (Å²) in [4.78, 5) is 0.255. The average molecular weight is 281 g/mol. The molecule has 0 fully saturated rings. The Labute approximate surface area is 115 Å². The number of benzene rings is 2. The van der Waals surface area contributed by atoms with Gasteiger partial charge in [0.25, 0.3) is 0 Å². The molecule has 2 aromatic carbocycles. The second kappa shape index (κ2) is 5.33. The summed E-state index contributed by atoms with van der Waals surface area (Å²) in [7, 11) is 0. The van der Waals surface area contributed by atoms with Crippen molar-refractivity contribution in [2.24, 2.45) is 5.73 Å². The molecule has 2 rings (SSSR count). The summed E-state index contributed by atoms with van der Waals surface area (Å²) >= 11 is 10.9. The SMILES string of the molecule is NC(=S)c1ccc(Cl)cc1Nc1cccc(F)c1. The Morgan fingerprint density at radius 3 is 2.67 bits per heavy atom. The van der Waals surface area contributed by atoms with Crippen molar-refractivity contribution in [3.63, 3.8) is 0 Å². The Hall–Kier alpha value is -1.65. The van der Waals surface area contributed by atoms with Gasteiger partial charge in [0.15, 0.2) is 0 Å². The monoisotopic (exact) mass is 280 g/mol. The van der Waals surface area contributed by atoms with Crippen LogP contribution in [0.3, 0.4) is 0 Å². The zero-order chi connectivity index (χ0) is 13.1. The number of hydrogen-bond acceptors (Lipinski definition) is 2. The summed E-state index contributed by atoms with van der Waals surface area (Å²) in [6.45, 7) is 0. The molecule has 5 heteroatoms. The van der Waals surface area contributed by atoms with E-state index in [9.17, 15) is 4.39 Å². The molecule has 0 spiro atoms. The van der Waals surface area contributed by atoms with Gasteiger partial charge in [-0.05, 0) is 36.4 Å². The van der Waals surface area contributed by atoms with E-state index >= 15 is 0 Å². The van der Waals surface area contributed by atoms with Gasteiger partial charge in [0.2, 0.25) is 0 Å². The molecule has 0 atom stereocenters.